The number of rotatable bonds is 1. The Labute approximate surface area is 64.8 Å². The standard InChI is InChI=1S/C8H11Br/c1-7-4-2-3-5-8(7)6-9/h2-5,7-8H,6H2,1H3. The second-order valence-electron chi connectivity index (χ2n) is 2.45. The molecule has 9 heavy (non-hydrogen) atoms. The van der Waals surface area contributed by atoms with E-state index in [0.717, 1.165) is 5.33 Å². The van der Waals surface area contributed by atoms with E-state index >= 15 is 0 Å². The maximum absolute atomic E-state index is 3.47. The Morgan fingerprint density at radius 3 is 2.44 bits per heavy atom. The van der Waals surface area contributed by atoms with Gasteiger partial charge >= 0.3 is 0 Å². The van der Waals surface area contributed by atoms with Gasteiger partial charge in [-0.3, -0.25) is 0 Å². The summed E-state index contributed by atoms with van der Waals surface area (Å²) in [5, 5.41) is 1.08. The van der Waals surface area contributed by atoms with Gasteiger partial charge in [-0.15, -0.1) is 0 Å². The molecule has 0 aromatic rings. The fourth-order valence-corrected chi connectivity index (χ4v) is 1.76. The van der Waals surface area contributed by atoms with Gasteiger partial charge in [0.25, 0.3) is 0 Å². The Morgan fingerprint density at radius 1 is 1.33 bits per heavy atom. The average molecular weight is 187 g/mol. The molecule has 0 saturated carbocycles. The van der Waals surface area contributed by atoms with Crippen molar-refractivity contribution < 1.29 is 0 Å². The van der Waals surface area contributed by atoms with Gasteiger partial charge in [0.2, 0.25) is 0 Å². The van der Waals surface area contributed by atoms with Crippen LogP contribution in [0.25, 0.3) is 0 Å². The minimum Gasteiger partial charge on any atom is -0.0921 e. The summed E-state index contributed by atoms with van der Waals surface area (Å²) in [6.07, 6.45) is 8.72. The van der Waals surface area contributed by atoms with Gasteiger partial charge in [-0.2, -0.15) is 0 Å². The summed E-state index contributed by atoms with van der Waals surface area (Å²) in [4.78, 5) is 0. The Morgan fingerprint density at radius 2 is 2.00 bits per heavy atom. The lowest BCUT2D eigenvalue weighted by atomic mass is 9.92. The highest BCUT2D eigenvalue weighted by atomic mass is 79.9. The van der Waals surface area contributed by atoms with Gasteiger partial charge in [-0.1, -0.05) is 47.2 Å². The van der Waals surface area contributed by atoms with Crippen molar-refractivity contribution in [2.24, 2.45) is 11.8 Å². The zero-order chi connectivity index (χ0) is 6.69. The highest BCUT2D eigenvalue weighted by Gasteiger charge is 2.10. The van der Waals surface area contributed by atoms with Crippen LogP contribution in [0.15, 0.2) is 24.3 Å². The van der Waals surface area contributed by atoms with Crippen LogP contribution in [-0.4, -0.2) is 5.33 Å². The molecule has 0 spiro atoms. The number of hydrogen-bond acceptors (Lipinski definition) is 0. The Bertz CT molecular complexity index is 136. The first kappa shape index (κ1) is 7.07. The first-order chi connectivity index (χ1) is 4.34. The average Bonchev–Trinajstić information content (AvgIpc) is 1.89. The SMILES string of the molecule is CC1C=CC=CC1CBr. The topological polar surface area (TPSA) is 0 Å². The van der Waals surface area contributed by atoms with E-state index in [1.54, 1.807) is 0 Å². The molecule has 0 saturated heterocycles. The maximum atomic E-state index is 3.47. The van der Waals surface area contributed by atoms with Crippen molar-refractivity contribution in [2.45, 2.75) is 6.92 Å². The summed E-state index contributed by atoms with van der Waals surface area (Å²) in [5.41, 5.74) is 0. The van der Waals surface area contributed by atoms with Crippen LogP contribution in [0.2, 0.25) is 0 Å². The molecule has 0 nitrogen and oxygen atoms in total. The van der Waals surface area contributed by atoms with Crippen molar-refractivity contribution >= 4 is 15.9 Å². The lowest BCUT2D eigenvalue weighted by molar-refractivity contribution is 0.564. The Kier molecular flexibility index (Phi) is 2.52. The molecule has 0 fully saturated rings. The highest BCUT2D eigenvalue weighted by Crippen LogP contribution is 2.20. The molecule has 2 unspecified atom stereocenters. The van der Waals surface area contributed by atoms with E-state index < -0.39 is 0 Å². The predicted octanol–water partition coefficient (Wildman–Crippen LogP) is 2.76. The van der Waals surface area contributed by atoms with Gasteiger partial charge in [-0.05, 0) is 11.8 Å². The van der Waals surface area contributed by atoms with Gasteiger partial charge in [0.15, 0.2) is 0 Å². The van der Waals surface area contributed by atoms with Crippen LogP contribution in [0.3, 0.4) is 0 Å². The van der Waals surface area contributed by atoms with Crippen LogP contribution in [0, 0.1) is 11.8 Å². The smallest absolute Gasteiger partial charge is 0.00999 e. The first-order valence-corrected chi connectivity index (χ1v) is 4.37. The highest BCUT2D eigenvalue weighted by molar-refractivity contribution is 9.09. The number of hydrogen-bond donors (Lipinski definition) is 0. The minimum atomic E-state index is 0.703. The van der Waals surface area contributed by atoms with Gasteiger partial charge in [-0.25, -0.2) is 0 Å². The predicted molar refractivity (Wildman–Crippen MR) is 44.7 cm³/mol. The molecule has 1 aliphatic rings. The molecule has 50 valence electrons. The molecule has 0 amide bonds. The lowest BCUT2D eigenvalue weighted by Crippen LogP contribution is -2.09. The molecule has 1 rings (SSSR count). The van der Waals surface area contributed by atoms with Crippen LogP contribution < -0.4 is 0 Å². The Hall–Kier alpha value is -0.0400. The molecule has 0 radical (unpaired) electrons. The fraction of sp³-hybridized carbons (Fsp3) is 0.500. The molecule has 1 aliphatic carbocycles. The number of alkyl halides is 1. The van der Waals surface area contributed by atoms with Gasteiger partial charge in [0.1, 0.15) is 0 Å². The summed E-state index contributed by atoms with van der Waals surface area (Å²) in [7, 11) is 0. The zero-order valence-electron chi connectivity index (χ0n) is 5.55. The largest absolute Gasteiger partial charge is 0.0921 e. The molecule has 0 aromatic heterocycles. The van der Waals surface area contributed by atoms with Crippen molar-refractivity contribution in [1.82, 2.24) is 0 Å². The monoisotopic (exact) mass is 186 g/mol. The van der Waals surface area contributed by atoms with Crippen molar-refractivity contribution in [3.63, 3.8) is 0 Å². The summed E-state index contributed by atoms with van der Waals surface area (Å²) < 4.78 is 0. The van der Waals surface area contributed by atoms with Crippen LogP contribution in [0.1, 0.15) is 6.92 Å². The van der Waals surface area contributed by atoms with E-state index in [-0.39, 0.29) is 0 Å². The third kappa shape index (κ3) is 1.68. The van der Waals surface area contributed by atoms with E-state index in [1.807, 2.05) is 0 Å². The van der Waals surface area contributed by atoms with Crippen LogP contribution in [0.5, 0.6) is 0 Å². The molecule has 0 N–H and O–H groups in total. The quantitative estimate of drug-likeness (QED) is 0.553. The summed E-state index contributed by atoms with van der Waals surface area (Å²) >= 11 is 3.47. The number of allylic oxidation sites excluding steroid dienone is 4. The van der Waals surface area contributed by atoms with Crippen molar-refractivity contribution in [1.29, 1.82) is 0 Å². The molecular weight excluding hydrogens is 176 g/mol. The summed E-state index contributed by atoms with van der Waals surface area (Å²) in [5.74, 6) is 1.41. The normalized spacial score (nSPS) is 33.1. The third-order valence-corrected chi connectivity index (χ3v) is 2.49. The van der Waals surface area contributed by atoms with Crippen molar-refractivity contribution in [2.75, 3.05) is 5.33 Å². The van der Waals surface area contributed by atoms with E-state index in [1.165, 1.54) is 0 Å². The van der Waals surface area contributed by atoms with Crippen LogP contribution in [0.4, 0.5) is 0 Å². The van der Waals surface area contributed by atoms with E-state index in [4.69, 9.17) is 0 Å². The fourth-order valence-electron chi connectivity index (χ4n) is 0.956. The molecule has 2 atom stereocenters. The molecule has 0 heterocycles. The lowest BCUT2D eigenvalue weighted by Gasteiger charge is -2.16. The van der Waals surface area contributed by atoms with Gasteiger partial charge in [0.05, 0.1) is 0 Å². The van der Waals surface area contributed by atoms with E-state index in [2.05, 4.69) is 47.2 Å². The maximum Gasteiger partial charge on any atom is 0.00999 e. The molecule has 1 heteroatoms. The number of halogens is 1. The van der Waals surface area contributed by atoms with Crippen LogP contribution in [-0.2, 0) is 0 Å². The van der Waals surface area contributed by atoms with Crippen molar-refractivity contribution in [3.8, 4) is 0 Å². The van der Waals surface area contributed by atoms with E-state index in [9.17, 15) is 0 Å². The molecular formula is C8H11Br. The molecule has 0 aromatic carbocycles. The van der Waals surface area contributed by atoms with Gasteiger partial charge in [0, 0.05) is 5.33 Å². The molecule has 0 bridgehead atoms. The van der Waals surface area contributed by atoms with E-state index in [0.29, 0.717) is 11.8 Å². The Balaban J connectivity index is 2.55. The third-order valence-electron chi connectivity index (χ3n) is 1.74. The summed E-state index contributed by atoms with van der Waals surface area (Å²) in [6, 6.07) is 0. The summed E-state index contributed by atoms with van der Waals surface area (Å²) in [6.45, 7) is 2.24. The van der Waals surface area contributed by atoms with Crippen LogP contribution >= 0.6 is 15.9 Å². The zero-order valence-corrected chi connectivity index (χ0v) is 7.14. The molecule has 0 aliphatic heterocycles. The second-order valence-corrected chi connectivity index (χ2v) is 3.09. The van der Waals surface area contributed by atoms with Crippen molar-refractivity contribution in [3.05, 3.63) is 24.3 Å². The first-order valence-electron chi connectivity index (χ1n) is 3.25. The minimum absolute atomic E-state index is 0.703. The van der Waals surface area contributed by atoms with Gasteiger partial charge < -0.3 is 0 Å². The second kappa shape index (κ2) is 3.21.